The number of benzene rings is 1. The molecule has 134 valence electrons. The molecule has 1 aliphatic heterocycles. The molecule has 1 heterocycles. The fraction of sp³-hybridized carbons (Fsp3) is 0.562. The van der Waals surface area contributed by atoms with E-state index in [9.17, 15) is 13.2 Å². The first-order valence-corrected chi connectivity index (χ1v) is 9.55. The standard InChI is InChI=1S/C16H24N2O5S/c1-22-10-2-7-17-16(19)15-5-3-14(4-6-15)13-24(20,21)18-8-11-23-12-9-18/h3-6H,2,7-13H2,1H3,(H,17,19). The number of rotatable bonds is 8. The lowest BCUT2D eigenvalue weighted by Gasteiger charge is -2.26. The van der Waals surface area contributed by atoms with E-state index in [0.717, 1.165) is 6.42 Å². The molecular weight excluding hydrogens is 332 g/mol. The molecule has 0 saturated carbocycles. The number of carbonyl (C=O) groups excluding carboxylic acids is 1. The summed E-state index contributed by atoms with van der Waals surface area (Å²) in [6.45, 7) is 2.79. The van der Waals surface area contributed by atoms with Gasteiger partial charge in [-0.25, -0.2) is 8.42 Å². The average molecular weight is 356 g/mol. The molecule has 24 heavy (non-hydrogen) atoms. The number of hydrogen-bond acceptors (Lipinski definition) is 5. The second kappa shape index (κ2) is 9.12. The highest BCUT2D eigenvalue weighted by molar-refractivity contribution is 7.88. The van der Waals surface area contributed by atoms with Crippen molar-refractivity contribution in [2.24, 2.45) is 0 Å². The van der Waals surface area contributed by atoms with Gasteiger partial charge in [0.25, 0.3) is 5.91 Å². The molecule has 0 unspecified atom stereocenters. The maximum absolute atomic E-state index is 12.4. The second-order valence-electron chi connectivity index (χ2n) is 5.57. The van der Waals surface area contributed by atoms with E-state index >= 15 is 0 Å². The van der Waals surface area contributed by atoms with Crippen LogP contribution in [0.2, 0.25) is 0 Å². The predicted molar refractivity (Wildman–Crippen MR) is 90.3 cm³/mol. The summed E-state index contributed by atoms with van der Waals surface area (Å²) >= 11 is 0. The summed E-state index contributed by atoms with van der Waals surface area (Å²) in [7, 11) is -1.73. The molecule has 0 aliphatic carbocycles. The molecule has 0 bridgehead atoms. The number of ether oxygens (including phenoxy) is 2. The van der Waals surface area contributed by atoms with E-state index in [0.29, 0.717) is 50.6 Å². The molecule has 1 amide bonds. The number of hydrogen-bond donors (Lipinski definition) is 1. The van der Waals surface area contributed by atoms with Crippen LogP contribution in [0.15, 0.2) is 24.3 Å². The van der Waals surface area contributed by atoms with Crippen molar-refractivity contribution in [1.82, 2.24) is 9.62 Å². The van der Waals surface area contributed by atoms with Crippen LogP contribution in [0.1, 0.15) is 22.3 Å². The first-order valence-electron chi connectivity index (χ1n) is 7.94. The van der Waals surface area contributed by atoms with Crippen molar-refractivity contribution in [3.05, 3.63) is 35.4 Å². The fourth-order valence-electron chi connectivity index (χ4n) is 2.40. The number of methoxy groups -OCH3 is 1. The molecule has 0 radical (unpaired) electrons. The van der Waals surface area contributed by atoms with Gasteiger partial charge < -0.3 is 14.8 Å². The monoisotopic (exact) mass is 356 g/mol. The van der Waals surface area contributed by atoms with E-state index in [2.05, 4.69) is 5.32 Å². The first kappa shape index (κ1) is 18.9. The Morgan fingerprint density at radius 1 is 1.25 bits per heavy atom. The minimum atomic E-state index is -3.35. The number of nitrogens with one attached hydrogen (secondary N) is 1. The van der Waals surface area contributed by atoms with Crippen molar-refractivity contribution in [3.8, 4) is 0 Å². The Hall–Kier alpha value is -1.48. The minimum Gasteiger partial charge on any atom is -0.385 e. The molecule has 1 aliphatic rings. The van der Waals surface area contributed by atoms with Gasteiger partial charge in [0.15, 0.2) is 0 Å². The zero-order chi connectivity index (χ0) is 17.4. The quantitative estimate of drug-likeness (QED) is 0.690. The number of amides is 1. The Morgan fingerprint density at radius 3 is 2.54 bits per heavy atom. The van der Waals surface area contributed by atoms with Gasteiger partial charge in [0, 0.05) is 38.9 Å². The lowest BCUT2D eigenvalue weighted by Crippen LogP contribution is -2.41. The Balaban J connectivity index is 1.90. The van der Waals surface area contributed by atoms with Gasteiger partial charge in [-0.3, -0.25) is 4.79 Å². The average Bonchev–Trinajstić information content (AvgIpc) is 2.60. The third-order valence-electron chi connectivity index (χ3n) is 3.74. The fourth-order valence-corrected chi connectivity index (χ4v) is 3.90. The SMILES string of the molecule is COCCCNC(=O)c1ccc(CS(=O)(=O)N2CCOCC2)cc1. The molecule has 8 heteroatoms. The van der Waals surface area contributed by atoms with E-state index in [-0.39, 0.29) is 11.7 Å². The summed E-state index contributed by atoms with van der Waals surface area (Å²) < 4.78 is 36.3. The highest BCUT2D eigenvalue weighted by Crippen LogP contribution is 2.13. The first-order chi connectivity index (χ1) is 11.5. The van der Waals surface area contributed by atoms with Gasteiger partial charge >= 0.3 is 0 Å². The van der Waals surface area contributed by atoms with Gasteiger partial charge in [0.2, 0.25) is 10.0 Å². The van der Waals surface area contributed by atoms with E-state index in [1.807, 2.05) is 0 Å². The van der Waals surface area contributed by atoms with Gasteiger partial charge in [-0.15, -0.1) is 0 Å². The van der Waals surface area contributed by atoms with Gasteiger partial charge in [-0.1, -0.05) is 12.1 Å². The van der Waals surface area contributed by atoms with Crippen LogP contribution < -0.4 is 5.32 Å². The van der Waals surface area contributed by atoms with Crippen LogP contribution in [0.5, 0.6) is 0 Å². The topological polar surface area (TPSA) is 84.9 Å². The highest BCUT2D eigenvalue weighted by atomic mass is 32.2. The third kappa shape index (κ3) is 5.55. The maximum atomic E-state index is 12.4. The second-order valence-corrected chi connectivity index (χ2v) is 7.54. The number of carbonyl (C=O) groups is 1. The van der Waals surface area contributed by atoms with E-state index < -0.39 is 10.0 Å². The van der Waals surface area contributed by atoms with Crippen molar-refractivity contribution in [2.75, 3.05) is 46.6 Å². The summed E-state index contributed by atoms with van der Waals surface area (Å²) in [5.74, 6) is -0.239. The summed E-state index contributed by atoms with van der Waals surface area (Å²) in [5, 5.41) is 2.79. The molecule has 1 aromatic carbocycles. The molecule has 1 saturated heterocycles. The lowest BCUT2D eigenvalue weighted by atomic mass is 10.1. The number of sulfonamides is 1. The van der Waals surface area contributed by atoms with Gasteiger partial charge in [0.05, 0.1) is 19.0 Å². The zero-order valence-corrected chi connectivity index (χ0v) is 14.7. The molecule has 0 atom stereocenters. The molecule has 1 aromatic rings. The van der Waals surface area contributed by atoms with Crippen LogP contribution in [0.3, 0.4) is 0 Å². The van der Waals surface area contributed by atoms with Crippen LogP contribution in [-0.2, 0) is 25.2 Å². The molecule has 1 N–H and O–H groups in total. The smallest absolute Gasteiger partial charge is 0.251 e. The Morgan fingerprint density at radius 2 is 1.92 bits per heavy atom. The highest BCUT2D eigenvalue weighted by Gasteiger charge is 2.24. The van der Waals surface area contributed by atoms with Crippen molar-refractivity contribution in [2.45, 2.75) is 12.2 Å². The van der Waals surface area contributed by atoms with E-state index in [1.165, 1.54) is 4.31 Å². The normalized spacial score (nSPS) is 16.0. The van der Waals surface area contributed by atoms with Crippen LogP contribution in [0.25, 0.3) is 0 Å². The van der Waals surface area contributed by atoms with E-state index in [4.69, 9.17) is 9.47 Å². The summed E-state index contributed by atoms with van der Waals surface area (Å²) in [4.78, 5) is 12.0. The largest absolute Gasteiger partial charge is 0.385 e. The molecule has 0 aromatic heterocycles. The molecule has 1 fully saturated rings. The Bertz CT molecular complexity index is 624. The van der Waals surface area contributed by atoms with Crippen molar-refractivity contribution in [3.63, 3.8) is 0 Å². The van der Waals surface area contributed by atoms with Crippen LogP contribution in [0, 0.1) is 0 Å². The molecule has 0 spiro atoms. The predicted octanol–water partition coefficient (Wildman–Crippen LogP) is 0.615. The van der Waals surface area contributed by atoms with Gasteiger partial charge in [-0.2, -0.15) is 4.31 Å². The third-order valence-corrected chi connectivity index (χ3v) is 5.59. The van der Waals surface area contributed by atoms with Crippen LogP contribution in [0.4, 0.5) is 0 Å². The van der Waals surface area contributed by atoms with Gasteiger partial charge in [0.1, 0.15) is 0 Å². The molecule has 7 nitrogen and oxygen atoms in total. The summed E-state index contributed by atoms with van der Waals surface area (Å²) in [6, 6.07) is 6.66. The number of nitrogens with zero attached hydrogens (tertiary/aromatic N) is 1. The van der Waals surface area contributed by atoms with Crippen molar-refractivity contribution >= 4 is 15.9 Å². The maximum Gasteiger partial charge on any atom is 0.251 e. The number of morpholine rings is 1. The summed E-state index contributed by atoms with van der Waals surface area (Å²) in [5.41, 5.74) is 1.18. The van der Waals surface area contributed by atoms with Crippen LogP contribution in [-0.4, -0.2) is 65.2 Å². The molecule has 2 rings (SSSR count). The van der Waals surface area contributed by atoms with Gasteiger partial charge in [-0.05, 0) is 24.1 Å². The lowest BCUT2D eigenvalue weighted by molar-refractivity contribution is 0.0729. The van der Waals surface area contributed by atoms with Crippen molar-refractivity contribution < 1.29 is 22.7 Å². The van der Waals surface area contributed by atoms with Crippen LogP contribution >= 0.6 is 0 Å². The van der Waals surface area contributed by atoms with Crippen molar-refractivity contribution in [1.29, 1.82) is 0 Å². The molecular formula is C16H24N2O5S. The minimum absolute atomic E-state index is 0.0667. The van der Waals surface area contributed by atoms with E-state index in [1.54, 1.807) is 31.4 Å². The Labute approximate surface area is 143 Å². The summed E-state index contributed by atoms with van der Waals surface area (Å²) in [6.07, 6.45) is 0.748. The zero-order valence-electron chi connectivity index (χ0n) is 13.9. The Kier molecular flexibility index (Phi) is 7.16.